The minimum atomic E-state index is -3.19. The molecular formula is C20H28ClN5O4S. The van der Waals surface area contributed by atoms with Crippen LogP contribution in [0.25, 0.3) is 11.0 Å². The molecule has 1 aliphatic carbocycles. The molecule has 0 unspecified atom stereocenters. The Labute approximate surface area is 186 Å². The quantitative estimate of drug-likeness (QED) is 0.688. The maximum atomic E-state index is 13.0. The van der Waals surface area contributed by atoms with Gasteiger partial charge in [0.15, 0.2) is 0 Å². The molecule has 170 valence electrons. The molecule has 2 atom stereocenters. The van der Waals surface area contributed by atoms with Crippen molar-refractivity contribution in [3.8, 4) is 0 Å². The fraction of sp³-hybridized carbons (Fsp3) is 0.650. The molecule has 1 aliphatic heterocycles. The van der Waals surface area contributed by atoms with Crippen molar-refractivity contribution in [2.45, 2.75) is 63.1 Å². The maximum Gasteiger partial charge on any atom is 0.271 e. The number of nitrogens with zero attached hydrogens (tertiary/aromatic N) is 4. The monoisotopic (exact) mass is 469 g/mol. The van der Waals surface area contributed by atoms with Crippen molar-refractivity contribution in [3.63, 3.8) is 0 Å². The van der Waals surface area contributed by atoms with Crippen LogP contribution in [0.5, 0.6) is 0 Å². The summed E-state index contributed by atoms with van der Waals surface area (Å²) in [6, 6.07) is 1.19. The molecule has 0 spiro atoms. The molecule has 2 fully saturated rings. The van der Waals surface area contributed by atoms with E-state index in [4.69, 9.17) is 11.6 Å². The molecule has 0 amide bonds. The van der Waals surface area contributed by atoms with Crippen molar-refractivity contribution in [1.29, 1.82) is 0 Å². The van der Waals surface area contributed by atoms with E-state index in [9.17, 15) is 18.3 Å². The van der Waals surface area contributed by atoms with Crippen LogP contribution in [0.3, 0.4) is 0 Å². The smallest absolute Gasteiger partial charge is 0.271 e. The zero-order valence-corrected chi connectivity index (χ0v) is 19.3. The topological polar surface area (TPSA) is 117 Å². The molecule has 2 aromatic rings. The Morgan fingerprint density at radius 2 is 2.03 bits per heavy atom. The molecule has 2 aliphatic rings. The highest BCUT2D eigenvalue weighted by Crippen LogP contribution is 2.42. The summed E-state index contributed by atoms with van der Waals surface area (Å²) < 4.78 is 26.4. The molecule has 0 bridgehead atoms. The van der Waals surface area contributed by atoms with Crippen LogP contribution >= 0.6 is 11.6 Å². The molecule has 2 N–H and O–H groups in total. The van der Waals surface area contributed by atoms with Crippen LogP contribution in [-0.2, 0) is 10.0 Å². The van der Waals surface area contributed by atoms with Crippen LogP contribution in [0.4, 0.5) is 5.95 Å². The number of aliphatic hydroxyl groups is 1. The summed E-state index contributed by atoms with van der Waals surface area (Å²) in [5, 5.41) is 15.1. The van der Waals surface area contributed by atoms with Gasteiger partial charge in [0.25, 0.3) is 5.56 Å². The van der Waals surface area contributed by atoms with Gasteiger partial charge in [-0.3, -0.25) is 9.36 Å². The van der Waals surface area contributed by atoms with Crippen molar-refractivity contribution in [1.82, 2.24) is 18.8 Å². The first-order chi connectivity index (χ1) is 14.6. The summed E-state index contributed by atoms with van der Waals surface area (Å²) in [5.74, 6) is 0.374. The standard InChI is InChI=1S/C20H28ClN5O4S/c1-3-20(28)8-4-5-16(20)26-17-13(11-15(21)18(26)27)12-22-19(24-17)23-14-6-9-25(10-7-14)31(2,29)30/h11-12,14,16,28H,3-10H2,1-2H3,(H,22,23,24)/t16-,20-/m0/s1. The second kappa shape index (κ2) is 8.31. The van der Waals surface area contributed by atoms with Gasteiger partial charge in [0.05, 0.1) is 17.9 Å². The summed E-state index contributed by atoms with van der Waals surface area (Å²) in [7, 11) is -3.19. The van der Waals surface area contributed by atoms with Gasteiger partial charge in [-0.2, -0.15) is 4.98 Å². The summed E-state index contributed by atoms with van der Waals surface area (Å²) in [5.41, 5.74) is -0.892. The molecule has 0 radical (unpaired) electrons. The molecule has 3 heterocycles. The number of halogens is 1. The van der Waals surface area contributed by atoms with E-state index in [1.807, 2.05) is 6.92 Å². The minimum absolute atomic E-state index is 0.0296. The number of sulfonamides is 1. The maximum absolute atomic E-state index is 13.0. The van der Waals surface area contributed by atoms with Gasteiger partial charge >= 0.3 is 0 Å². The first-order valence-electron chi connectivity index (χ1n) is 10.6. The third-order valence-corrected chi connectivity index (χ3v) is 8.19. The highest BCUT2D eigenvalue weighted by atomic mass is 35.5. The predicted molar refractivity (Wildman–Crippen MR) is 120 cm³/mol. The fourth-order valence-corrected chi connectivity index (χ4v) is 5.86. The number of anilines is 1. The number of nitrogens with one attached hydrogen (secondary N) is 1. The van der Waals surface area contributed by atoms with E-state index in [2.05, 4.69) is 15.3 Å². The number of aromatic nitrogens is 3. The van der Waals surface area contributed by atoms with Gasteiger partial charge in [-0.15, -0.1) is 0 Å². The number of hydrogen-bond donors (Lipinski definition) is 2. The predicted octanol–water partition coefficient (Wildman–Crippen LogP) is 2.15. The van der Waals surface area contributed by atoms with Crippen LogP contribution in [0.2, 0.25) is 5.02 Å². The first-order valence-corrected chi connectivity index (χ1v) is 12.9. The second-order valence-electron chi connectivity index (χ2n) is 8.59. The fourth-order valence-electron chi connectivity index (χ4n) is 4.78. The van der Waals surface area contributed by atoms with Crippen LogP contribution < -0.4 is 10.9 Å². The summed E-state index contributed by atoms with van der Waals surface area (Å²) in [4.78, 5) is 22.0. The van der Waals surface area contributed by atoms with Crippen molar-refractivity contribution in [3.05, 3.63) is 27.6 Å². The lowest BCUT2D eigenvalue weighted by molar-refractivity contribution is 0.00439. The number of pyridine rings is 1. The third-order valence-electron chi connectivity index (χ3n) is 6.62. The average molecular weight is 470 g/mol. The molecule has 1 saturated heterocycles. The van der Waals surface area contributed by atoms with E-state index in [0.717, 1.165) is 6.42 Å². The second-order valence-corrected chi connectivity index (χ2v) is 11.0. The SMILES string of the molecule is CC[C@]1(O)CCC[C@@H]1n1c(=O)c(Cl)cc2cnc(NC3CCN(S(C)(=O)=O)CC3)nc21. The Morgan fingerprint density at radius 1 is 1.32 bits per heavy atom. The Hall–Kier alpha value is -1.75. The highest BCUT2D eigenvalue weighted by Gasteiger charge is 2.42. The van der Waals surface area contributed by atoms with Crippen LogP contribution in [0.1, 0.15) is 51.5 Å². The molecule has 31 heavy (non-hydrogen) atoms. The Bertz CT molecular complexity index is 1150. The molecular weight excluding hydrogens is 442 g/mol. The lowest BCUT2D eigenvalue weighted by atomic mass is 9.94. The number of piperidine rings is 1. The summed E-state index contributed by atoms with van der Waals surface area (Å²) in [6.45, 7) is 2.80. The van der Waals surface area contributed by atoms with Gasteiger partial charge in [-0.25, -0.2) is 17.7 Å². The van der Waals surface area contributed by atoms with Crippen molar-refractivity contribution < 1.29 is 13.5 Å². The zero-order valence-electron chi connectivity index (χ0n) is 17.7. The van der Waals surface area contributed by atoms with E-state index in [-0.39, 0.29) is 16.6 Å². The summed E-state index contributed by atoms with van der Waals surface area (Å²) >= 11 is 6.21. The van der Waals surface area contributed by atoms with Gasteiger partial charge in [0.1, 0.15) is 10.7 Å². The van der Waals surface area contributed by atoms with E-state index in [1.54, 1.807) is 12.3 Å². The molecule has 1 saturated carbocycles. The van der Waals surface area contributed by atoms with Gasteiger partial charge in [0, 0.05) is 30.7 Å². The van der Waals surface area contributed by atoms with E-state index >= 15 is 0 Å². The normalized spacial score (nSPS) is 25.9. The number of rotatable bonds is 5. The molecule has 0 aromatic carbocycles. The lowest BCUT2D eigenvalue weighted by Gasteiger charge is -2.31. The first kappa shape index (κ1) is 22.4. The average Bonchev–Trinajstić information content (AvgIpc) is 3.11. The Balaban J connectivity index is 1.66. The van der Waals surface area contributed by atoms with Crippen molar-refractivity contribution in [2.75, 3.05) is 24.7 Å². The van der Waals surface area contributed by atoms with Gasteiger partial charge in [-0.05, 0) is 44.6 Å². The Kier molecular flexibility index (Phi) is 6.01. The molecule has 11 heteroatoms. The minimum Gasteiger partial charge on any atom is -0.388 e. The third kappa shape index (κ3) is 4.30. The van der Waals surface area contributed by atoms with E-state index in [0.29, 0.717) is 62.2 Å². The molecule has 2 aromatic heterocycles. The zero-order chi connectivity index (χ0) is 22.4. The van der Waals surface area contributed by atoms with Crippen LogP contribution in [-0.4, -0.2) is 63.4 Å². The number of fused-ring (bicyclic) bond motifs is 1. The highest BCUT2D eigenvalue weighted by molar-refractivity contribution is 7.88. The summed E-state index contributed by atoms with van der Waals surface area (Å²) in [6.07, 6.45) is 6.79. The largest absolute Gasteiger partial charge is 0.388 e. The van der Waals surface area contributed by atoms with Crippen LogP contribution in [0.15, 0.2) is 17.1 Å². The lowest BCUT2D eigenvalue weighted by Crippen LogP contribution is -2.42. The Morgan fingerprint density at radius 3 is 2.68 bits per heavy atom. The molecule has 9 nitrogen and oxygen atoms in total. The van der Waals surface area contributed by atoms with E-state index in [1.165, 1.54) is 15.1 Å². The van der Waals surface area contributed by atoms with Crippen molar-refractivity contribution in [2.24, 2.45) is 0 Å². The van der Waals surface area contributed by atoms with Gasteiger partial charge < -0.3 is 10.4 Å². The molecule has 4 rings (SSSR count). The number of hydrogen-bond acceptors (Lipinski definition) is 7. The van der Waals surface area contributed by atoms with E-state index < -0.39 is 21.7 Å². The van der Waals surface area contributed by atoms with Crippen LogP contribution in [0, 0.1) is 0 Å². The van der Waals surface area contributed by atoms with Crippen molar-refractivity contribution >= 4 is 38.6 Å². The van der Waals surface area contributed by atoms with Gasteiger partial charge in [-0.1, -0.05) is 18.5 Å². The van der Waals surface area contributed by atoms with Gasteiger partial charge in [0.2, 0.25) is 16.0 Å².